The molecule has 102 valence electrons. The molecule has 1 heterocycles. The molecule has 1 N–H and O–H groups in total. The van der Waals surface area contributed by atoms with Crippen LogP contribution in [0.3, 0.4) is 0 Å². The van der Waals surface area contributed by atoms with E-state index >= 15 is 0 Å². The maximum atomic E-state index is 5.70. The number of rotatable bonds is 7. The molecule has 0 saturated carbocycles. The van der Waals surface area contributed by atoms with Crippen molar-refractivity contribution >= 4 is 11.3 Å². The summed E-state index contributed by atoms with van der Waals surface area (Å²) in [5.41, 5.74) is 1.07. The average molecular weight is 278 g/mol. The molecule has 2 rings (SSSR count). The number of benzene rings is 1. The van der Waals surface area contributed by atoms with Crippen LogP contribution < -0.4 is 14.8 Å². The molecule has 19 heavy (non-hydrogen) atoms. The van der Waals surface area contributed by atoms with Crippen LogP contribution in [0, 0.1) is 0 Å². The van der Waals surface area contributed by atoms with Crippen LogP contribution in [0.1, 0.15) is 17.6 Å². The van der Waals surface area contributed by atoms with E-state index in [0.717, 1.165) is 35.3 Å². The molecule has 0 atom stereocenters. The summed E-state index contributed by atoms with van der Waals surface area (Å²) in [6, 6.07) is 7.58. The van der Waals surface area contributed by atoms with Gasteiger partial charge >= 0.3 is 0 Å². The number of nitrogens with zero attached hydrogens (tertiary/aromatic N) is 1. The van der Waals surface area contributed by atoms with E-state index in [0.29, 0.717) is 6.61 Å². The lowest BCUT2D eigenvalue weighted by Gasteiger charge is -2.05. The van der Waals surface area contributed by atoms with Gasteiger partial charge in [-0.25, -0.2) is 4.98 Å². The first kappa shape index (κ1) is 13.8. The first-order valence-electron chi connectivity index (χ1n) is 6.22. The standard InChI is InChI=1S/C14H18N2O2S/c1-3-15-8-11-10-19-14(16-11)9-18-13-6-4-5-12(7-13)17-2/h4-7,10,15H,3,8-9H2,1-2H3. The highest BCUT2D eigenvalue weighted by Gasteiger charge is 2.03. The third-order valence-corrected chi connectivity index (χ3v) is 3.43. The van der Waals surface area contributed by atoms with Crippen molar-refractivity contribution in [3.63, 3.8) is 0 Å². The van der Waals surface area contributed by atoms with Gasteiger partial charge in [-0.3, -0.25) is 0 Å². The van der Waals surface area contributed by atoms with Crippen LogP contribution in [0.25, 0.3) is 0 Å². The number of hydrogen-bond acceptors (Lipinski definition) is 5. The minimum absolute atomic E-state index is 0.490. The molecule has 0 spiro atoms. The van der Waals surface area contributed by atoms with Crippen molar-refractivity contribution in [2.24, 2.45) is 0 Å². The van der Waals surface area contributed by atoms with Crippen LogP contribution in [0.2, 0.25) is 0 Å². The third kappa shape index (κ3) is 4.22. The summed E-state index contributed by atoms with van der Waals surface area (Å²) in [5.74, 6) is 1.59. The Morgan fingerprint density at radius 2 is 2.16 bits per heavy atom. The SMILES string of the molecule is CCNCc1csc(COc2cccc(OC)c2)n1. The molecule has 2 aromatic rings. The van der Waals surface area contributed by atoms with Crippen molar-refractivity contribution in [2.45, 2.75) is 20.1 Å². The number of ether oxygens (including phenoxy) is 2. The molecule has 0 saturated heterocycles. The van der Waals surface area contributed by atoms with Gasteiger partial charge in [-0.15, -0.1) is 11.3 Å². The fourth-order valence-electron chi connectivity index (χ4n) is 1.59. The van der Waals surface area contributed by atoms with Crippen LogP contribution in [0.15, 0.2) is 29.6 Å². The summed E-state index contributed by atoms with van der Waals surface area (Å²) in [5, 5.41) is 6.30. The highest BCUT2D eigenvalue weighted by atomic mass is 32.1. The lowest BCUT2D eigenvalue weighted by molar-refractivity contribution is 0.302. The van der Waals surface area contributed by atoms with Crippen LogP contribution in [0.4, 0.5) is 0 Å². The lowest BCUT2D eigenvalue weighted by Crippen LogP contribution is -2.12. The van der Waals surface area contributed by atoms with Crippen molar-refractivity contribution in [3.8, 4) is 11.5 Å². The normalized spacial score (nSPS) is 10.4. The first-order valence-corrected chi connectivity index (χ1v) is 7.10. The maximum absolute atomic E-state index is 5.70. The highest BCUT2D eigenvalue weighted by Crippen LogP contribution is 2.20. The van der Waals surface area contributed by atoms with Crippen LogP contribution in [0.5, 0.6) is 11.5 Å². The molecule has 0 fully saturated rings. The minimum Gasteiger partial charge on any atom is -0.497 e. The average Bonchev–Trinajstić information content (AvgIpc) is 2.91. The second-order valence-corrected chi connectivity index (χ2v) is 4.92. The molecule has 0 radical (unpaired) electrons. The summed E-state index contributed by atoms with van der Waals surface area (Å²) in [4.78, 5) is 4.51. The van der Waals surface area contributed by atoms with E-state index in [1.165, 1.54) is 0 Å². The predicted octanol–water partition coefficient (Wildman–Crippen LogP) is 2.84. The Labute approximate surface area is 117 Å². The van der Waals surface area contributed by atoms with Gasteiger partial charge in [0.2, 0.25) is 0 Å². The predicted molar refractivity (Wildman–Crippen MR) is 76.8 cm³/mol. The second kappa shape index (κ2) is 7.11. The van der Waals surface area contributed by atoms with E-state index < -0.39 is 0 Å². The van der Waals surface area contributed by atoms with Crippen molar-refractivity contribution in [1.29, 1.82) is 0 Å². The van der Waals surface area contributed by atoms with Crippen molar-refractivity contribution in [3.05, 3.63) is 40.3 Å². The van der Waals surface area contributed by atoms with Gasteiger partial charge in [0, 0.05) is 18.0 Å². The molecule has 0 aliphatic rings. The van der Waals surface area contributed by atoms with Gasteiger partial charge in [-0.1, -0.05) is 13.0 Å². The van der Waals surface area contributed by atoms with E-state index in [4.69, 9.17) is 9.47 Å². The Hall–Kier alpha value is -1.59. The largest absolute Gasteiger partial charge is 0.497 e. The maximum Gasteiger partial charge on any atom is 0.140 e. The van der Waals surface area contributed by atoms with Crippen LogP contribution in [-0.2, 0) is 13.2 Å². The Balaban J connectivity index is 1.89. The Bertz CT molecular complexity index is 514. The summed E-state index contributed by atoms with van der Waals surface area (Å²) in [6.07, 6.45) is 0. The minimum atomic E-state index is 0.490. The summed E-state index contributed by atoms with van der Waals surface area (Å²) >= 11 is 1.62. The quantitative estimate of drug-likeness (QED) is 0.846. The monoisotopic (exact) mass is 278 g/mol. The zero-order valence-corrected chi connectivity index (χ0v) is 12.0. The third-order valence-electron chi connectivity index (χ3n) is 2.56. The van der Waals surface area contributed by atoms with Crippen LogP contribution >= 0.6 is 11.3 Å². The first-order chi connectivity index (χ1) is 9.31. The van der Waals surface area contributed by atoms with E-state index in [1.807, 2.05) is 24.3 Å². The molecule has 4 nitrogen and oxygen atoms in total. The van der Waals surface area contributed by atoms with E-state index in [9.17, 15) is 0 Å². The summed E-state index contributed by atoms with van der Waals surface area (Å²) in [6.45, 7) is 4.34. The molecular weight excluding hydrogens is 260 g/mol. The van der Waals surface area contributed by atoms with Crippen molar-refractivity contribution in [1.82, 2.24) is 10.3 Å². The fraction of sp³-hybridized carbons (Fsp3) is 0.357. The number of thiazole rings is 1. The molecule has 0 amide bonds. The van der Waals surface area contributed by atoms with Gasteiger partial charge in [0.25, 0.3) is 0 Å². The van der Waals surface area contributed by atoms with Crippen molar-refractivity contribution in [2.75, 3.05) is 13.7 Å². The summed E-state index contributed by atoms with van der Waals surface area (Å²) in [7, 11) is 1.65. The zero-order chi connectivity index (χ0) is 13.5. The number of nitrogens with one attached hydrogen (secondary N) is 1. The Kier molecular flexibility index (Phi) is 5.18. The molecule has 0 aliphatic heterocycles. The van der Waals surface area contributed by atoms with Gasteiger partial charge in [-0.2, -0.15) is 0 Å². The molecule has 0 aliphatic carbocycles. The second-order valence-electron chi connectivity index (χ2n) is 3.98. The molecule has 1 aromatic carbocycles. The summed E-state index contributed by atoms with van der Waals surface area (Å²) < 4.78 is 10.9. The Morgan fingerprint density at radius 3 is 2.95 bits per heavy atom. The number of aromatic nitrogens is 1. The lowest BCUT2D eigenvalue weighted by atomic mass is 10.3. The smallest absolute Gasteiger partial charge is 0.140 e. The number of methoxy groups -OCH3 is 1. The molecular formula is C14H18N2O2S. The molecule has 1 aromatic heterocycles. The Morgan fingerprint density at radius 1 is 1.32 bits per heavy atom. The van der Waals surface area contributed by atoms with Gasteiger partial charge in [0.15, 0.2) is 0 Å². The van der Waals surface area contributed by atoms with E-state index in [1.54, 1.807) is 18.4 Å². The molecule has 0 unspecified atom stereocenters. The highest BCUT2D eigenvalue weighted by molar-refractivity contribution is 7.09. The fourth-order valence-corrected chi connectivity index (χ4v) is 2.29. The van der Waals surface area contributed by atoms with Gasteiger partial charge < -0.3 is 14.8 Å². The zero-order valence-electron chi connectivity index (χ0n) is 11.2. The van der Waals surface area contributed by atoms with Gasteiger partial charge in [-0.05, 0) is 18.7 Å². The molecule has 5 heteroatoms. The number of hydrogen-bond donors (Lipinski definition) is 1. The van der Waals surface area contributed by atoms with Gasteiger partial charge in [0.1, 0.15) is 23.1 Å². The van der Waals surface area contributed by atoms with Crippen molar-refractivity contribution < 1.29 is 9.47 Å². The van der Waals surface area contributed by atoms with E-state index in [-0.39, 0.29) is 0 Å². The molecule has 0 bridgehead atoms. The van der Waals surface area contributed by atoms with E-state index in [2.05, 4.69) is 22.6 Å². The topological polar surface area (TPSA) is 43.4 Å². The van der Waals surface area contributed by atoms with Crippen LogP contribution in [-0.4, -0.2) is 18.6 Å². The van der Waals surface area contributed by atoms with Gasteiger partial charge in [0.05, 0.1) is 12.8 Å².